The zero-order valence-electron chi connectivity index (χ0n) is 24.9. The van der Waals surface area contributed by atoms with Gasteiger partial charge < -0.3 is 25.4 Å². The Balaban J connectivity index is 2.88. The number of cyclic esters (lactones) is 1. The van der Waals surface area contributed by atoms with E-state index in [0.717, 1.165) is 43.1 Å². The summed E-state index contributed by atoms with van der Waals surface area (Å²) in [6.45, 7) is 9.76. The van der Waals surface area contributed by atoms with Crippen LogP contribution in [0.15, 0.2) is 24.4 Å². The summed E-state index contributed by atoms with van der Waals surface area (Å²) in [6, 6.07) is 0. The lowest BCUT2D eigenvalue weighted by atomic mass is 9.85. The SMILES string of the molecule is C=C1/C=C/C(=O)N(C)CC(=O)O[C@@H](CCCCCCCCCCC(C)C)[C@@H](C)C(=O)C(C)(O)C(=O)NCC(=O)N1. The topological polar surface area (TPSA) is 142 Å². The summed E-state index contributed by atoms with van der Waals surface area (Å²) in [7, 11) is 1.42. The number of carbonyl (C=O) groups is 5. The second kappa shape index (κ2) is 17.6. The Morgan fingerprint density at radius 1 is 1.02 bits per heavy atom. The lowest BCUT2D eigenvalue weighted by molar-refractivity contribution is -0.162. The maximum atomic E-state index is 13.2. The van der Waals surface area contributed by atoms with Gasteiger partial charge >= 0.3 is 5.97 Å². The predicted octanol–water partition coefficient (Wildman–Crippen LogP) is 3.19. The first kappa shape index (κ1) is 35.0. The highest BCUT2D eigenvalue weighted by Gasteiger charge is 2.44. The fourth-order valence-corrected chi connectivity index (χ4v) is 4.47. The van der Waals surface area contributed by atoms with Crippen LogP contribution in [0.25, 0.3) is 0 Å². The van der Waals surface area contributed by atoms with E-state index in [9.17, 15) is 29.1 Å². The molecule has 1 aliphatic heterocycles. The maximum absolute atomic E-state index is 13.2. The number of carbonyl (C=O) groups excluding carboxylic acids is 5. The average molecular weight is 564 g/mol. The summed E-state index contributed by atoms with van der Waals surface area (Å²) in [5, 5.41) is 15.4. The third-order valence-electron chi connectivity index (χ3n) is 7.08. The van der Waals surface area contributed by atoms with E-state index in [2.05, 4.69) is 31.1 Å². The van der Waals surface area contributed by atoms with Crippen LogP contribution in [0, 0.1) is 11.8 Å². The smallest absolute Gasteiger partial charge is 0.325 e. The van der Waals surface area contributed by atoms with E-state index < -0.39 is 53.6 Å². The van der Waals surface area contributed by atoms with Gasteiger partial charge in [0, 0.05) is 18.8 Å². The predicted molar refractivity (Wildman–Crippen MR) is 153 cm³/mol. The number of hydrogen-bond acceptors (Lipinski definition) is 7. The van der Waals surface area contributed by atoms with Crippen molar-refractivity contribution in [2.75, 3.05) is 20.1 Å². The largest absolute Gasteiger partial charge is 0.460 e. The molecule has 1 aliphatic rings. The van der Waals surface area contributed by atoms with Crippen molar-refractivity contribution in [2.24, 2.45) is 11.8 Å². The lowest BCUT2D eigenvalue weighted by Crippen LogP contribution is -2.55. The van der Waals surface area contributed by atoms with E-state index >= 15 is 0 Å². The zero-order valence-corrected chi connectivity index (χ0v) is 24.9. The monoisotopic (exact) mass is 563 g/mol. The first-order valence-corrected chi connectivity index (χ1v) is 14.4. The van der Waals surface area contributed by atoms with E-state index in [4.69, 9.17) is 4.74 Å². The summed E-state index contributed by atoms with van der Waals surface area (Å²) in [5.74, 6) is -4.02. The van der Waals surface area contributed by atoms with E-state index in [1.807, 2.05) is 0 Å². The fourth-order valence-electron chi connectivity index (χ4n) is 4.47. The quantitative estimate of drug-likeness (QED) is 0.199. The molecule has 3 amide bonds. The van der Waals surface area contributed by atoms with Gasteiger partial charge in [0.15, 0.2) is 11.4 Å². The van der Waals surface area contributed by atoms with Crippen molar-refractivity contribution in [3.05, 3.63) is 24.4 Å². The molecule has 0 bridgehead atoms. The molecular weight excluding hydrogens is 514 g/mol. The molecule has 0 radical (unpaired) electrons. The molecule has 3 N–H and O–H groups in total. The Hall–Kier alpha value is -3.01. The van der Waals surface area contributed by atoms with Crippen LogP contribution in [0.5, 0.6) is 0 Å². The highest BCUT2D eigenvalue weighted by molar-refractivity contribution is 6.10. The Morgan fingerprint density at radius 3 is 2.20 bits per heavy atom. The number of likely N-dealkylation sites (N-methyl/N-ethyl adjacent to an activating group) is 1. The van der Waals surface area contributed by atoms with Crippen molar-refractivity contribution >= 4 is 29.5 Å². The van der Waals surface area contributed by atoms with Crippen molar-refractivity contribution in [3.8, 4) is 0 Å². The minimum absolute atomic E-state index is 0.0792. The van der Waals surface area contributed by atoms with Crippen molar-refractivity contribution in [2.45, 2.75) is 104 Å². The Labute approximate surface area is 239 Å². The summed E-state index contributed by atoms with van der Waals surface area (Å²) in [5.41, 5.74) is -2.37. The van der Waals surface area contributed by atoms with Gasteiger partial charge in [-0.05, 0) is 31.8 Å². The molecule has 1 unspecified atom stereocenters. The second-order valence-electron chi connectivity index (χ2n) is 11.3. The van der Waals surface area contributed by atoms with Crippen molar-refractivity contribution < 1.29 is 33.8 Å². The summed E-state index contributed by atoms with van der Waals surface area (Å²) < 4.78 is 5.63. The fraction of sp³-hybridized carbons (Fsp3) is 0.700. The van der Waals surface area contributed by atoms with Gasteiger partial charge in [-0.3, -0.25) is 24.0 Å². The maximum Gasteiger partial charge on any atom is 0.325 e. The molecule has 0 aromatic heterocycles. The molecule has 226 valence electrons. The Bertz CT molecular complexity index is 926. The number of ketones is 1. The number of nitrogens with zero attached hydrogens (tertiary/aromatic N) is 1. The standard InChI is InChI=1S/C30H49N3O7/c1-21(2)15-13-11-9-7-8-10-12-14-16-24-23(4)28(37)30(5,39)29(38)31-19-25(34)32-22(3)17-18-26(35)33(6)20-27(36)40-24/h17-18,21,23-24,39H,3,7-16,19-20H2,1-2,4-6H3,(H,31,38)(H,32,34)/b18-17+/t23-,24+,30?/m1/s1. The van der Waals surface area contributed by atoms with Gasteiger partial charge in [-0.25, -0.2) is 0 Å². The number of amides is 3. The number of rotatable bonds is 11. The van der Waals surface area contributed by atoms with Gasteiger partial charge in [0.2, 0.25) is 11.8 Å². The van der Waals surface area contributed by atoms with Gasteiger partial charge in [-0.1, -0.05) is 78.7 Å². The number of nitrogens with one attached hydrogen (secondary N) is 2. The number of esters is 1. The first-order chi connectivity index (χ1) is 18.7. The molecule has 10 heteroatoms. The number of ether oxygens (including phenoxy) is 1. The number of hydrogen-bond donors (Lipinski definition) is 3. The van der Waals surface area contributed by atoms with Gasteiger partial charge in [0.05, 0.1) is 12.5 Å². The summed E-state index contributed by atoms with van der Waals surface area (Å²) in [4.78, 5) is 64.2. The van der Waals surface area contributed by atoms with Crippen LogP contribution in [-0.2, 0) is 28.7 Å². The van der Waals surface area contributed by atoms with Crippen LogP contribution in [-0.4, -0.2) is 71.3 Å². The molecule has 10 nitrogen and oxygen atoms in total. The van der Waals surface area contributed by atoms with Gasteiger partial charge in [-0.2, -0.15) is 0 Å². The summed E-state index contributed by atoms with van der Waals surface area (Å²) in [6.07, 6.45) is 11.7. The Morgan fingerprint density at radius 2 is 1.60 bits per heavy atom. The average Bonchev–Trinajstić information content (AvgIpc) is 2.88. The molecule has 1 heterocycles. The van der Waals surface area contributed by atoms with Gasteiger partial charge in [0.1, 0.15) is 12.6 Å². The number of unbranched alkanes of at least 4 members (excludes halogenated alkanes) is 7. The number of Topliss-reactive ketones (excluding diaryl/α,β-unsaturated/α-hetero) is 1. The van der Waals surface area contributed by atoms with E-state index in [1.165, 1.54) is 52.2 Å². The van der Waals surface area contributed by atoms with Crippen LogP contribution >= 0.6 is 0 Å². The van der Waals surface area contributed by atoms with E-state index in [-0.39, 0.29) is 12.2 Å². The van der Waals surface area contributed by atoms with E-state index in [0.29, 0.717) is 12.8 Å². The van der Waals surface area contributed by atoms with Gasteiger partial charge in [-0.15, -0.1) is 0 Å². The minimum Gasteiger partial charge on any atom is -0.460 e. The van der Waals surface area contributed by atoms with E-state index in [1.54, 1.807) is 0 Å². The zero-order chi connectivity index (χ0) is 30.3. The molecule has 40 heavy (non-hydrogen) atoms. The van der Waals surface area contributed by atoms with Crippen LogP contribution in [0.1, 0.15) is 91.9 Å². The van der Waals surface area contributed by atoms with Crippen LogP contribution in [0.2, 0.25) is 0 Å². The summed E-state index contributed by atoms with van der Waals surface area (Å²) >= 11 is 0. The van der Waals surface area contributed by atoms with Crippen LogP contribution in [0.4, 0.5) is 0 Å². The molecule has 0 aromatic rings. The molecule has 0 saturated heterocycles. The molecule has 0 aromatic carbocycles. The van der Waals surface area contributed by atoms with Gasteiger partial charge in [0.25, 0.3) is 5.91 Å². The highest BCUT2D eigenvalue weighted by atomic mass is 16.5. The first-order valence-electron chi connectivity index (χ1n) is 14.4. The molecule has 0 spiro atoms. The minimum atomic E-state index is -2.45. The number of allylic oxidation sites excluding steroid dienone is 1. The Kier molecular flexibility index (Phi) is 15.4. The normalized spacial score (nSPS) is 24.9. The molecule has 0 saturated carbocycles. The molecule has 0 fully saturated rings. The highest BCUT2D eigenvalue weighted by Crippen LogP contribution is 2.23. The lowest BCUT2D eigenvalue weighted by Gasteiger charge is -2.29. The third-order valence-corrected chi connectivity index (χ3v) is 7.08. The third kappa shape index (κ3) is 12.9. The molecule has 0 aliphatic carbocycles. The molecule has 3 atom stereocenters. The van der Waals surface area contributed by atoms with Crippen LogP contribution in [0.3, 0.4) is 0 Å². The molecular formula is C30H49N3O7. The van der Waals surface area contributed by atoms with Crippen molar-refractivity contribution in [1.29, 1.82) is 0 Å². The number of aliphatic hydroxyl groups is 1. The van der Waals surface area contributed by atoms with Crippen molar-refractivity contribution in [1.82, 2.24) is 15.5 Å². The van der Waals surface area contributed by atoms with Crippen LogP contribution < -0.4 is 10.6 Å². The van der Waals surface area contributed by atoms with Crippen molar-refractivity contribution in [3.63, 3.8) is 0 Å². The second-order valence-corrected chi connectivity index (χ2v) is 11.3. The molecule has 1 rings (SSSR count).